The lowest BCUT2D eigenvalue weighted by Crippen LogP contribution is -2.17. The van der Waals surface area contributed by atoms with Crippen molar-refractivity contribution in [3.05, 3.63) is 147 Å². The van der Waals surface area contributed by atoms with Crippen molar-refractivity contribution in [3.8, 4) is 28.4 Å². The van der Waals surface area contributed by atoms with E-state index in [1.165, 1.54) is 5.39 Å². The molecule has 1 heterocycles. The number of carbonyl (C=O) groups excluding carboxylic acids is 1. The van der Waals surface area contributed by atoms with Crippen LogP contribution in [0.2, 0.25) is 0 Å². The maximum atomic E-state index is 12.9. The van der Waals surface area contributed by atoms with Gasteiger partial charge in [-0.3, -0.25) is 4.79 Å². The van der Waals surface area contributed by atoms with E-state index in [-0.39, 0.29) is 5.91 Å². The topological polar surface area (TPSA) is 64.8 Å². The molecule has 44 heavy (non-hydrogen) atoms. The summed E-state index contributed by atoms with van der Waals surface area (Å²) in [4.78, 5) is 12.9. The summed E-state index contributed by atoms with van der Waals surface area (Å²) in [7, 11) is 1.61. The summed E-state index contributed by atoms with van der Waals surface area (Å²) in [5.74, 6) is 0.961. The maximum Gasteiger partial charge on any atom is 0.271 e. The summed E-state index contributed by atoms with van der Waals surface area (Å²) < 4.78 is 14.9. The number of ether oxygens (including phenoxy) is 2. The summed E-state index contributed by atoms with van der Waals surface area (Å²) in [5, 5.41) is 6.54. The first-order chi connectivity index (χ1) is 21.5. The van der Waals surface area contributed by atoms with E-state index < -0.39 is 0 Å². The van der Waals surface area contributed by atoms with Gasteiger partial charge in [-0.05, 0) is 106 Å². The third-order valence-corrected chi connectivity index (χ3v) is 8.22. The first kappa shape index (κ1) is 29.2. The minimum Gasteiger partial charge on any atom is -0.493 e. The van der Waals surface area contributed by atoms with E-state index in [4.69, 9.17) is 9.47 Å². The Bertz CT molecular complexity index is 1960. The monoisotopic (exact) mass is 691 g/mol. The van der Waals surface area contributed by atoms with E-state index in [1.54, 1.807) is 13.3 Å². The van der Waals surface area contributed by atoms with Crippen LogP contribution < -0.4 is 14.9 Å². The molecule has 6 aromatic rings. The molecule has 5 aromatic carbocycles. The van der Waals surface area contributed by atoms with Crippen LogP contribution in [-0.4, -0.2) is 23.8 Å². The zero-order chi connectivity index (χ0) is 30.5. The van der Waals surface area contributed by atoms with Crippen molar-refractivity contribution in [2.24, 2.45) is 5.10 Å². The Balaban J connectivity index is 1.13. The van der Waals surface area contributed by atoms with Gasteiger partial charge < -0.3 is 14.0 Å². The zero-order valence-electron chi connectivity index (χ0n) is 24.3. The Kier molecular flexibility index (Phi) is 8.74. The number of rotatable bonds is 9. The van der Waals surface area contributed by atoms with E-state index in [1.807, 2.05) is 72.8 Å². The lowest BCUT2D eigenvalue weighted by molar-refractivity contribution is 0.0955. The number of benzene rings is 5. The Morgan fingerprint density at radius 1 is 0.886 bits per heavy atom. The van der Waals surface area contributed by atoms with Gasteiger partial charge in [0, 0.05) is 16.9 Å². The number of hydrazone groups is 1. The fourth-order valence-electron chi connectivity index (χ4n) is 5.23. The first-order valence-corrected chi connectivity index (χ1v) is 15.2. The van der Waals surface area contributed by atoms with Gasteiger partial charge >= 0.3 is 0 Å². The minimum absolute atomic E-state index is 0.294. The van der Waals surface area contributed by atoms with E-state index in [2.05, 4.69) is 93.1 Å². The van der Waals surface area contributed by atoms with Gasteiger partial charge in [-0.1, -0.05) is 72.8 Å². The number of nitrogens with one attached hydrogen (secondary N) is 1. The molecule has 0 unspecified atom stereocenters. The Morgan fingerprint density at radius 3 is 2.43 bits per heavy atom. The van der Waals surface area contributed by atoms with E-state index >= 15 is 0 Å². The Hall–Kier alpha value is -4.89. The van der Waals surface area contributed by atoms with Crippen molar-refractivity contribution in [1.82, 2.24) is 9.99 Å². The molecule has 6 nitrogen and oxygen atoms in total. The molecule has 0 aliphatic heterocycles. The third kappa shape index (κ3) is 6.23. The molecule has 0 radical (unpaired) electrons. The van der Waals surface area contributed by atoms with Gasteiger partial charge in [-0.2, -0.15) is 5.10 Å². The lowest BCUT2D eigenvalue weighted by atomic mass is 10.1. The molecular weight excluding hydrogens is 661 g/mol. The van der Waals surface area contributed by atoms with Crippen LogP contribution in [0.15, 0.2) is 126 Å². The molecule has 7 heteroatoms. The quantitative estimate of drug-likeness (QED) is 0.0939. The Labute approximate surface area is 270 Å². The van der Waals surface area contributed by atoms with Crippen molar-refractivity contribution in [2.75, 3.05) is 7.11 Å². The van der Waals surface area contributed by atoms with Crippen molar-refractivity contribution in [2.45, 2.75) is 13.5 Å². The van der Waals surface area contributed by atoms with Gasteiger partial charge in [-0.15, -0.1) is 0 Å². The number of carbonyl (C=O) groups is 1. The SMILES string of the molecule is COc1cc(/C=N/NC(=O)c2ccc(-n3c(C)ccc3-c3ccccc3)cc2)cc(I)c1OCc1cccc2ccccc12. The van der Waals surface area contributed by atoms with Crippen LogP contribution in [0.1, 0.15) is 27.2 Å². The van der Waals surface area contributed by atoms with Crippen LogP contribution >= 0.6 is 22.6 Å². The fraction of sp³-hybridized carbons (Fsp3) is 0.0811. The molecule has 0 spiro atoms. The smallest absolute Gasteiger partial charge is 0.271 e. The molecule has 0 aliphatic carbocycles. The van der Waals surface area contributed by atoms with Crippen LogP contribution in [0.3, 0.4) is 0 Å². The van der Waals surface area contributed by atoms with Crippen LogP contribution in [0, 0.1) is 10.5 Å². The lowest BCUT2D eigenvalue weighted by Gasteiger charge is -2.14. The van der Waals surface area contributed by atoms with E-state index in [0.717, 1.165) is 42.7 Å². The second-order valence-electron chi connectivity index (χ2n) is 10.3. The molecule has 0 saturated carbocycles. The van der Waals surface area contributed by atoms with E-state index in [0.29, 0.717) is 23.7 Å². The molecule has 218 valence electrons. The number of amides is 1. The highest BCUT2D eigenvalue weighted by Crippen LogP contribution is 2.35. The number of hydrogen-bond donors (Lipinski definition) is 1. The van der Waals surface area contributed by atoms with Crippen LogP contribution in [0.4, 0.5) is 0 Å². The number of nitrogens with zero attached hydrogens (tertiary/aromatic N) is 2. The zero-order valence-corrected chi connectivity index (χ0v) is 26.5. The molecule has 1 aromatic heterocycles. The first-order valence-electron chi connectivity index (χ1n) is 14.2. The summed E-state index contributed by atoms with van der Waals surface area (Å²) in [6.45, 7) is 2.48. The van der Waals surface area contributed by atoms with Gasteiger partial charge in [0.15, 0.2) is 11.5 Å². The average Bonchev–Trinajstić information content (AvgIpc) is 3.45. The molecule has 0 fully saturated rings. The number of aromatic nitrogens is 1. The highest BCUT2D eigenvalue weighted by Gasteiger charge is 2.14. The summed E-state index contributed by atoms with van der Waals surface area (Å²) >= 11 is 2.23. The van der Waals surface area contributed by atoms with E-state index in [9.17, 15) is 4.79 Å². The predicted octanol–water partition coefficient (Wildman–Crippen LogP) is 8.56. The van der Waals surface area contributed by atoms with Crippen LogP contribution in [0.25, 0.3) is 27.7 Å². The number of aryl methyl sites for hydroxylation is 1. The number of fused-ring (bicyclic) bond motifs is 1. The van der Waals surface area contributed by atoms with Gasteiger partial charge in [-0.25, -0.2) is 5.43 Å². The highest BCUT2D eigenvalue weighted by atomic mass is 127. The molecule has 0 saturated heterocycles. The normalized spacial score (nSPS) is 11.2. The number of methoxy groups -OCH3 is 1. The van der Waals surface area contributed by atoms with Gasteiger partial charge in [0.2, 0.25) is 0 Å². The number of hydrogen-bond acceptors (Lipinski definition) is 4. The average molecular weight is 692 g/mol. The number of halogens is 1. The van der Waals surface area contributed by atoms with Crippen molar-refractivity contribution in [3.63, 3.8) is 0 Å². The molecule has 1 amide bonds. The molecule has 0 bridgehead atoms. The van der Waals surface area contributed by atoms with Crippen LogP contribution in [0.5, 0.6) is 11.5 Å². The minimum atomic E-state index is -0.294. The maximum absolute atomic E-state index is 12.9. The highest BCUT2D eigenvalue weighted by molar-refractivity contribution is 14.1. The summed E-state index contributed by atoms with van der Waals surface area (Å²) in [6.07, 6.45) is 1.60. The molecule has 6 rings (SSSR count). The van der Waals surface area contributed by atoms with Crippen LogP contribution in [-0.2, 0) is 6.61 Å². The molecule has 0 aliphatic rings. The standard InChI is InChI=1S/C37H30IN3O3/c1-25-15-20-34(28-10-4-3-5-11-28)41(25)31-18-16-29(17-19-31)37(42)40-39-23-26-21-33(38)36(35(22-26)43-2)44-24-30-13-8-12-27-9-6-7-14-32(27)30/h3-23H,24H2,1-2H3,(H,40,42)/b39-23+. The van der Waals surface area contributed by atoms with Gasteiger partial charge in [0.1, 0.15) is 6.61 Å². The van der Waals surface area contributed by atoms with Crippen molar-refractivity contribution >= 4 is 45.5 Å². The Morgan fingerprint density at radius 2 is 1.64 bits per heavy atom. The fourth-order valence-corrected chi connectivity index (χ4v) is 6.01. The largest absolute Gasteiger partial charge is 0.493 e. The second kappa shape index (κ2) is 13.2. The molecule has 0 atom stereocenters. The van der Waals surface area contributed by atoms with Crippen molar-refractivity contribution < 1.29 is 14.3 Å². The van der Waals surface area contributed by atoms with Gasteiger partial charge in [0.05, 0.1) is 22.6 Å². The van der Waals surface area contributed by atoms with Gasteiger partial charge in [0.25, 0.3) is 5.91 Å². The second-order valence-corrected chi connectivity index (χ2v) is 11.4. The summed E-state index contributed by atoms with van der Waals surface area (Å²) in [5.41, 5.74) is 9.35. The predicted molar refractivity (Wildman–Crippen MR) is 185 cm³/mol. The third-order valence-electron chi connectivity index (χ3n) is 7.42. The van der Waals surface area contributed by atoms with Crippen molar-refractivity contribution in [1.29, 1.82) is 0 Å². The summed E-state index contributed by atoms with van der Waals surface area (Å²) in [6, 6.07) is 40.2. The molecular formula is C37H30IN3O3. The molecule has 1 N–H and O–H groups in total.